The highest BCUT2D eigenvalue weighted by atomic mass is 35.5. The fourth-order valence-electron chi connectivity index (χ4n) is 1.98. The van der Waals surface area contributed by atoms with Crippen LogP contribution in [0.2, 0.25) is 10.0 Å². The minimum atomic E-state index is -0.630. The van der Waals surface area contributed by atoms with Gasteiger partial charge >= 0.3 is 0 Å². The molecule has 0 aromatic heterocycles. The Morgan fingerprint density at radius 2 is 2.35 bits per heavy atom. The first-order valence-electron chi connectivity index (χ1n) is 6.57. The lowest BCUT2D eigenvalue weighted by Gasteiger charge is -2.17. The zero-order chi connectivity index (χ0) is 14.5. The smallest absolute Gasteiger partial charge is 0.260 e. The van der Waals surface area contributed by atoms with Gasteiger partial charge in [0.05, 0.1) is 11.1 Å². The molecule has 0 spiro atoms. The fraction of sp³-hybridized carbons (Fsp3) is 0.500. The van der Waals surface area contributed by atoms with E-state index in [-0.39, 0.29) is 12.0 Å². The van der Waals surface area contributed by atoms with Crippen LogP contribution in [-0.2, 0) is 9.53 Å². The van der Waals surface area contributed by atoms with E-state index in [4.69, 9.17) is 32.7 Å². The largest absolute Gasteiger partial charge is 0.479 e. The number of hydrogen-bond donors (Lipinski definition) is 1. The van der Waals surface area contributed by atoms with Crippen LogP contribution in [-0.4, -0.2) is 31.3 Å². The lowest BCUT2D eigenvalue weighted by Crippen LogP contribution is -2.40. The normalized spacial score (nSPS) is 19.6. The van der Waals surface area contributed by atoms with Gasteiger partial charge in [-0.1, -0.05) is 23.2 Å². The van der Waals surface area contributed by atoms with Gasteiger partial charge in [-0.3, -0.25) is 4.79 Å². The minimum Gasteiger partial charge on any atom is -0.479 e. The van der Waals surface area contributed by atoms with E-state index >= 15 is 0 Å². The molecule has 1 aromatic carbocycles. The average molecular weight is 318 g/mol. The van der Waals surface area contributed by atoms with Crippen molar-refractivity contribution >= 4 is 29.1 Å². The molecule has 0 aliphatic carbocycles. The van der Waals surface area contributed by atoms with Crippen LogP contribution in [0.25, 0.3) is 0 Å². The second-order valence-corrected chi connectivity index (χ2v) is 5.56. The van der Waals surface area contributed by atoms with Crippen LogP contribution in [0, 0.1) is 0 Å². The SMILES string of the molecule is C[C@H](Oc1ccc(Cl)cc1Cl)C(=O)NC[C@H]1CCCO1. The molecule has 6 heteroatoms. The zero-order valence-corrected chi connectivity index (χ0v) is 12.7. The summed E-state index contributed by atoms with van der Waals surface area (Å²) in [6.07, 6.45) is 1.52. The molecule has 2 atom stereocenters. The third kappa shape index (κ3) is 4.27. The summed E-state index contributed by atoms with van der Waals surface area (Å²) >= 11 is 11.8. The van der Waals surface area contributed by atoms with Crippen molar-refractivity contribution in [3.63, 3.8) is 0 Å². The first kappa shape index (κ1) is 15.4. The van der Waals surface area contributed by atoms with Gasteiger partial charge in [0, 0.05) is 18.2 Å². The average Bonchev–Trinajstić information content (AvgIpc) is 2.92. The quantitative estimate of drug-likeness (QED) is 0.908. The van der Waals surface area contributed by atoms with Crippen LogP contribution in [0.5, 0.6) is 5.75 Å². The minimum absolute atomic E-state index is 0.116. The first-order valence-corrected chi connectivity index (χ1v) is 7.33. The molecule has 1 fully saturated rings. The molecule has 0 saturated carbocycles. The predicted octanol–water partition coefficient (Wildman–Crippen LogP) is 3.06. The Bertz CT molecular complexity index is 475. The van der Waals surface area contributed by atoms with Gasteiger partial charge in [-0.15, -0.1) is 0 Å². The number of nitrogens with one attached hydrogen (secondary N) is 1. The second kappa shape index (κ2) is 7.16. The molecule has 4 nitrogen and oxygen atoms in total. The Kier molecular flexibility index (Phi) is 5.52. The molecule has 1 amide bonds. The molecular weight excluding hydrogens is 301 g/mol. The highest BCUT2D eigenvalue weighted by Crippen LogP contribution is 2.28. The number of rotatable bonds is 5. The van der Waals surface area contributed by atoms with Gasteiger partial charge in [0.2, 0.25) is 0 Å². The van der Waals surface area contributed by atoms with E-state index < -0.39 is 6.10 Å². The number of carbonyl (C=O) groups excluding carboxylic acids is 1. The molecule has 0 unspecified atom stereocenters. The molecule has 0 bridgehead atoms. The van der Waals surface area contributed by atoms with E-state index in [1.54, 1.807) is 25.1 Å². The molecular formula is C14H17Cl2NO3. The molecule has 1 N–H and O–H groups in total. The third-order valence-electron chi connectivity index (χ3n) is 3.09. The molecule has 1 heterocycles. The van der Waals surface area contributed by atoms with Crippen molar-refractivity contribution in [1.29, 1.82) is 0 Å². The Morgan fingerprint density at radius 1 is 1.55 bits per heavy atom. The monoisotopic (exact) mass is 317 g/mol. The molecule has 2 rings (SSSR count). The van der Waals surface area contributed by atoms with Crippen molar-refractivity contribution in [3.05, 3.63) is 28.2 Å². The lowest BCUT2D eigenvalue weighted by molar-refractivity contribution is -0.127. The van der Waals surface area contributed by atoms with E-state index in [2.05, 4.69) is 5.32 Å². The summed E-state index contributed by atoms with van der Waals surface area (Å²) in [6.45, 7) is 2.96. The van der Waals surface area contributed by atoms with Gasteiger partial charge in [-0.05, 0) is 38.0 Å². The number of halogens is 2. The summed E-state index contributed by atoms with van der Waals surface area (Å²) in [5, 5.41) is 3.73. The number of ether oxygens (including phenoxy) is 2. The topological polar surface area (TPSA) is 47.6 Å². The van der Waals surface area contributed by atoms with Crippen molar-refractivity contribution in [3.8, 4) is 5.75 Å². The summed E-state index contributed by atoms with van der Waals surface area (Å²) < 4.78 is 11.0. The van der Waals surface area contributed by atoms with Crippen molar-refractivity contribution in [2.45, 2.75) is 32.0 Å². The van der Waals surface area contributed by atoms with Crippen molar-refractivity contribution in [1.82, 2.24) is 5.32 Å². The maximum atomic E-state index is 11.9. The predicted molar refractivity (Wildman–Crippen MR) is 78.5 cm³/mol. The van der Waals surface area contributed by atoms with Crippen LogP contribution in [0.3, 0.4) is 0 Å². The van der Waals surface area contributed by atoms with Gasteiger partial charge < -0.3 is 14.8 Å². The molecule has 110 valence electrons. The van der Waals surface area contributed by atoms with Crippen molar-refractivity contribution in [2.24, 2.45) is 0 Å². The summed E-state index contributed by atoms with van der Waals surface area (Å²) in [5.74, 6) is 0.252. The van der Waals surface area contributed by atoms with Crippen LogP contribution >= 0.6 is 23.2 Å². The fourth-order valence-corrected chi connectivity index (χ4v) is 2.43. The molecule has 1 aliphatic rings. The number of carbonyl (C=O) groups is 1. The Labute approximate surface area is 128 Å². The van der Waals surface area contributed by atoms with E-state index in [9.17, 15) is 4.79 Å². The number of hydrogen-bond acceptors (Lipinski definition) is 3. The van der Waals surface area contributed by atoms with Crippen molar-refractivity contribution < 1.29 is 14.3 Å². The van der Waals surface area contributed by atoms with Crippen molar-refractivity contribution in [2.75, 3.05) is 13.2 Å². The molecule has 1 aliphatic heterocycles. The Balaban J connectivity index is 1.83. The summed E-state index contributed by atoms with van der Waals surface area (Å²) in [4.78, 5) is 11.9. The number of amides is 1. The van der Waals surface area contributed by atoms with Gasteiger partial charge in [0.15, 0.2) is 6.10 Å². The van der Waals surface area contributed by atoms with Gasteiger partial charge in [0.1, 0.15) is 5.75 Å². The van der Waals surface area contributed by atoms with Crippen LogP contribution in [0.1, 0.15) is 19.8 Å². The summed E-state index contributed by atoms with van der Waals surface area (Å²) in [7, 11) is 0. The molecule has 1 saturated heterocycles. The lowest BCUT2D eigenvalue weighted by atomic mass is 10.2. The highest BCUT2D eigenvalue weighted by molar-refractivity contribution is 6.35. The van der Waals surface area contributed by atoms with E-state index in [1.165, 1.54) is 0 Å². The van der Waals surface area contributed by atoms with Crippen LogP contribution in [0.15, 0.2) is 18.2 Å². The standard InChI is InChI=1S/C14H17Cl2NO3/c1-9(14(18)17-8-11-3-2-6-19-11)20-13-5-4-10(15)7-12(13)16/h4-5,7,9,11H,2-3,6,8H2,1H3,(H,17,18)/t9-,11+/m0/s1. The van der Waals surface area contributed by atoms with Gasteiger partial charge in [-0.2, -0.15) is 0 Å². The maximum absolute atomic E-state index is 11.9. The summed E-state index contributed by atoms with van der Waals surface area (Å²) in [6, 6.07) is 4.89. The zero-order valence-electron chi connectivity index (χ0n) is 11.2. The van der Waals surface area contributed by atoms with Gasteiger partial charge in [0.25, 0.3) is 5.91 Å². The third-order valence-corrected chi connectivity index (χ3v) is 3.63. The highest BCUT2D eigenvalue weighted by Gasteiger charge is 2.20. The Morgan fingerprint density at radius 3 is 3.00 bits per heavy atom. The first-order chi connectivity index (χ1) is 9.56. The molecule has 1 aromatic rings. The second-order valence-electron chi connectivity index (χ2n) is 4.72. The summed E-state index contributed by atoms with van der Waals surface area (Å²) in [5.41, 5.74) is 0. The number of benzene rings is 1. The van der Waals surface area contributed by atoms with Crippen LogP contribution < -0.4 is 10.1 Å². The van der Waals surface area contributed by atoms with E-state index in [1.807, 2.05) is 0 Å². The van der Waals surface area contributed by atoms with E-state index in [0.29, 0.717) is 22.3 Å². The molecule has 20 heavy (non-hydrogen) atoms. The Hall–Kier alpha value is -0.970. The van der Waals surface area contributed by atoms with E-state index in [0.717, 1.165) is 19.4 Å². The van der Waals surface area contributed by atoms with Gasteiger partial charge in [-0.25, -0.2) is 0 Å². The molecule has 0 radical (unpaired) electrons. The maximum Gasteiger partial charge on any atom is 0.260 e. The van der Waals surface area contributed by atoms with Crippen LogP contribution in [0.4, 0.5) is 0 Å².